The molecule has 25 heavy (non-hydrogen) atoms. The Morgan fingerprint density at radius 2 is 1.76 bits per heavy atom. The monoisotopic (exact) mass is 359 g/mol. The molecule has 130 valence electrons. The molecule has 1 unspecified atom stereocenters. The molecule has 0 amide bonds. The number of benzene rings is 2. The number of carbonyl (C=O) groups is 1. The zero-order valence-electron chi connectivity index (χ0n) is 14.0. The fourth-order valence-electron chi connectivity index (χ4n) is 2.17. The van der Waals surface area contributed by atoms with Gasteiger partial charge in [0.15, 0.2) is 12.4 Å². The second-order valence-corrected chi connectivity index (χ2v) is 7.10. The van der Waals surface area contributed by atoms with Crippen molar-refractivity contribution in [2.45, 2.75) is 31.8 Å². The van der Waals surface area contributed by atoms with Crippen molar-refractivity contribution in [1.82, 2.24) is 0 Å². The molecule has 0 bridgehead atoms. The van der Waals surface area contributed by atoms with Crippen LogP contribution in [0.5, 0.6) is 11.5 Å². The topological polar surface area (TPSA) is 93.5 Å². The zero-order valence-corrected chi connectivity index (χ0v) is 14.8. The van der Waals surface area contributed by atoms with Crippen molar-refractivity contribution >= 4 is 16.4 Å². The van der Waals surface area contributed by atoms with Crippen LogP contribution in [0.4, 0.5) is 0 Å². The fourth-order valence-corrected chi connectivity index (χ4v) is 3.33. The fraction of sp³-hybridized carbons (Fsp3) is 0.222. The second kappa shape index (κ2) is 7.36. The molecule has 2 rings (SSSR count). The average Bonchev–Trinajstić information content (AvgIpc) is 2.53. The van der Waals surface area contributed by atoms with Crippen molar-refractivity contribution < 1.29 is 22.1 Å². The molecule has 0 fully saturated rings. The number of carbonyl (C=O) groups excluding carboxylic acids is 1. The van der Waals surface area contributed by atoms with Crippen LogP contribution in [0.25, 0.3) is 0 Å². The van der Waals surface area contributed by atoms with E-state index in [4.69, 9.17) is 14.2 Å². The van der Waals surface area contributed by atoms with E-state index in [0.29, 0.717) is 23.2 Å². The quantitative estimate of drug-likeness (QED) is 0.581. The first-order chi connectivity index (χ1) is 11.7. The first kappa shape index (κ1) is 18.5. The molecule has 0 radical (unpaired) electrons. The lowest BCUT2D eigenvalue weighted by Gasteiger charge is -2.13. The van der Waals surface area contributed by atoms with Crippen molar-refractivity contribution in [2.75, 3.05) is 0 Å². The highest BCUT2D eigenvalue weighted by Crippen LogP contribution is 2.27. The molecular weight excluding hydrogens is 342 g/mol. The molecule has 0 spiro atoms. The number of hydrogen-bond acceptors (Lipinski definition) is 6. The van der Waals surface area contributed by atoms with Gasteiger partial charge in [-0.2, -0.15) is 13.7 Å². The van der Waals surface area contributed by atoms with Crippen LogP contribution in [0, 0.1) is 25.2 Å². The minimum Gasteiger partial charge on any atom is -0.483 e. The Balaban J connectivity index is 2.40. The van der Waals surface area contributed by atoms with Crippen molar-refractivity contribution in [1.29, 1.82) is 5.26 Å². The molecule has 2 aromatic carbocycles. The van der Waals surface area contributed by atoms with Crippen LogP contribution >= 0.6 is 0 Å². The Kier molecular flexibility index (Phi) is 5.45. The summed E-state index contributed by atoms with van der Waals surface area (Å²) in [5.41, 5.74) is 1.39. The van der Waals surface area contributed by atoms with E-state index >= 15 is 0 Å². The Bertz CT molecular complexity index is 944. The van der Waals surface area contributed by atoms with Gasteiger partial charge in [0, 0.05) is 6.07 Å². The summed E-state index contributed by atoms with van der Waals surface area (Å²) in [4.78, 5) is 10.5. The van der Waals surface area contributed by atoms with E-state index in [1.165, 1.54) is 24.3 Å². The van der Waals surface area contributed by atoms with Crippen LogP contribution in [0.3, 0.4) is 0 Å². The van der Waals surface area contributed by atoms with Gasteiger partial charge in [0.05, 0.1) is 5.56 Å². The van der Waals surface area contributed by atoms with Crippen LogP contribution in [0.1, 0.15) is 23.6 Å². The van der Waals surface area contributed by atoms with Gasteiger partial charge in [-0.15, -0.1) is 0 Å². The predicted molar refractivity (Wildman–Crippen MR) is 91.0 cm³/mol. The highest BCUT2D eigenvalue weighted by molar-refractivity contribution is 7.87. The van der Waals surface area contributed by atoms with Crippen molar-refractivity contribution in [3.63, 3.8) is 0 Å². The molecule has 0 aliphatic carbocycles. The SMILES string of the molecule is Cc1cc(OC(C)C=O)cc(OS(=O)(=O)c2cc(C)ccc2C#N)c1. The van der Waals surface area contributed by atoms with E-state index in [9.17, 15) is 13.2 Å². The minimum atomic E-state index is -4.19. The van der Waals surface area contributed by atoms with Gasteiger partial charge in [0.1, 0.15) is 22.5 Å². The first-order valence-corrected chi connectivity index (χ1v) is 8.85. The molecule has 2 aromatic rings. The molecule has 0 heterocycles. The standard InChI is InChI=1S/C18H17NO5S/c1-12-4-5-15(10-19)18(8-12)25(21,22)24-17-7-13(2)6-16(9-17)23-14(3)11-20/h4-9,11,14H,1-3H3. The number of aldehydes is 1. The number of ether oxygens (including phenoxy) is 1. The number of rotatable bonds is 6. The summed E-state index contributed by atoms with van der Waals surface area (Å²) in [6, 6.07) is 10.9. The third kappa shape index (κ3) is 4.58. The summed E-state index contributed by atoms with van der Waals surface area (Å²) in [6.45, 7) is 5.03. The van der Waals surface area contributed by atoms with Gasteiger partial charge in [-0.25, -0.2) is 0 Å². The normalized spacial score (nSPS) is 12.1. The highest BCUT2D eigenvalue weighted by atomic mass is 32.2. The van der Waals surface area contributed by atoms with Crippen LogP contribution in [-0.4, -0.2) is 20.8 Å². The van der Waals surface area contributed by atoms with Crippen LogP contribution in [0.2, 0.25) is 0 Å². The average molecular weight is 359 g/mol. The summed E-state index contributed by atoms with van der Waals surface area (Å²) in [5.74, 6) is 0.355. The summed E-state index contributed by atoms with van der Waals surface area (Å²) in [6.07, 6.45) is -0.0424. The number of hydrogen-bond donors (Lipinski definition) is 0. The Morgan fingerprint density at radius 1 is 1.08 bits per heavy atom. The van der Waals surface area contributed by atoms with Crippen LogP contribution < -0.4 is 8.92 Å². The summed E-state index contributed by atoms with van der Waals surface area (Å²) < 4.78 is 35.7. The molecule has 0 aliphatic heterocycles. The molecule has 1 atom stereocenters. The van der Waals surface area contributed by atoms with E-state index in [0.717, 1.165) is 0 Å². The lowest BCUT2D eigenvalue weighted by atomic mass is 10.2. The van der Waals surface area contributed by atoms with Gasteiger partial charge >= 0.3 is 10.1 Å². The van der Waals surface area contributed by atoms with Crippen molar-refractivity contribution in [3.05, 3.63) is 53.1 Å². The summed E-state index contributed by atoms with van der Waals surface area (Å²) >= 11 is 0. The molecule has 7 heteroatoms. The Morgan fingerprint density at radius 3 is 2.40 bits per heavy atom. The number of nitriles is 1. The number of nitrogens with zero attached hydrogens (tertiary/aromatic N) is 1. The maximum atomic E-state index is 12.6. The minimum absolute atomic E-state index is 0.00398. The zero-order chi connectivity index (χ0) is 18.6. The predicted octanol–water partition coefficient (Wildman–Crippen LogP) is 2.91. The second-order valence-electron chi connectivity index (χ2n) is 5.59. The van der Waals surface area contributed by atoms with Crippen molar-refractivity contribution in [2.24, 2.45) is 0 Å². The smallest absolute Gasteiger partial charge is 0.340 e. The summed E-state index contributed by atoms with van der Waals surface area (Å²) in [7, 11) is -4.19. The lowest BCUT2D eigenvalue weighted by molar-refractivity contribution is -0.113. The molecule has 0 saturated carbocycles. The molecular formula is C18H17NO5S. The van der Waals surface area contributed by atoms with Crippen molar-refractivity contribution in [3.8, 4) is 17.6 Å². The largest absolute Gasteiger partial charge is 0.483 e. The van der Waals surface area contributed by atoms with E-state index in [1.807, 2.05) is 6.07 Å². The molecule has 0 N–H and O–H groups in total. The third-order valence-corrected chi connectivity index (χ3v) is 4.56. The lowest BCUT2D eigenvalue weighted by Crippen LogP contribution is -2.14. The molecule has 0 aromatic heterocycles. The molecule has 0 saturated heterocycles. The summed E-state index contributed by atoms with van der Waals surface area (Å²) in [5, 5.41) is 9.13. The molecule has 6 nitrogen and oxygen atoms in total. The molecule has 0 aliphatic rings. The van der Waals surface area contributed by atoms with E-state index in [2.05, 4.69) is 0 Å². The van der Waals surface area contributed by atoms with E-state index in [1.54, 1.807) is 32.9 Å². The van der Waals surface area contributed by atoms with E-state index < -0.39 is 16.2 Å². The van der Waals surface area contributed by atoms with Gasteiger partial charge in [-0.05, 0) is 56.2 Å². The first-order valence-electron chi connectivity index (χ1n) is 7.44. The highest BCUT2D eigenvalue weighted by Gasteiger charge is 2.22. The Hall–Kier alpha value is -2.85. The van der Waals surface area contributed by atoms with Crippen LogP contribution in [-0.2, 0) is 14.9 Å². The van der Waals surface area contributed by atoms with Gasteiger partial charge in [0.2, 0.25) is 0 Å². The number of aryl methyl sites for hydroxylation is 2. The third-order valence-electron chi connectivity index (χ3n) is 3.27. The van der Waals surface area contributed by atoms with Gasteiger partial charge < -0.3 is 8.92 Å². The van der Waals surface area contributed by atoms with Gasteiger partial charge in [0.25, 0.3) is 0 Å². The Labute approximate surface area is 146 Å². The maximum Gasteiger partial charge on any atom is 0.340 e. The van der Waals surface area contributed by atoms with Crippen LogP contribution in [0.15, 0.2) is 41.3 Å². The van der Waals surface area contributed by atoms with Gasteiger partial charge in [-0.1, -0.05) is 6.07 Å². The maximum absolute atomic E-state index is 12.6. The van der Waals surface area contributed by atoms with Gasteiger partial charge in [-0.3, -0.25) is 4.79 Å². The van der Waals surface area contributed by atoms with E-state index in [-0.39, 0.29) is 16.2 Å².